The number of aromatic nitrogens is 1. The SMILES string of the molecule is Cc1cccc2cc(C(=O)c3ncccc3F)oc12. The van der Waals surface area contributed by atoms with Crippen LogP contribution < -0.4 is 0 Å². The monoisotopic (exact) mass is 255 g/mol. The van der Waals surface area contributed by atoms with Crippen LogP contribution in [-0.4, -0.2) is 10.8 Å². The summed E-state index contributed by atoms with van der Waals surface area (Å²) in [6, 6.07) is 9.86. The predicted molar refractivity (Wildman–Crippen MR) is 68.6 cm³/mol. The molecule has 3 aromatic rings. The van der Waals surface area contributed by atoms with Crippen molar-refractivity contribution in [1.82, 2.24) is 4.98 Å². The number of para-hydroxylation sites is 1. The van der Waals surface area contributed by atoms with E-state index >= 15 is 0 Å². The minimum atomic E-state index is -0.648. The molecule has 0 N–H and O–H groups in total. The van der Waals surface area contributed by atoms with Gasteiger partial charge in [0.2, 0.25) is 5.78 Å². The van der Waals surface area contributed by atoms with Crippen LogP contribution in [0.25, 0.3) is 11.0 Å². The zero-order valence-electron chi connectivity index (χ0n) is 10.2. The Balaban J connectivity index is 2.12. The number of fused-ring (bicyclic) bond motifs is 1. The Morgan fingerprint density at radius 3 is 2.84 bits per heavy atom. The fraction of sp³-hybridized carbons (Fsp3) is 0.0667. The average Bonchev–Trinajstić information content (AvgIpc) is 2.84. The molecule has 0 atom stereocenters. The van der Waals surface area contributed by atoms with Gasteiger partial charge in [-0.25, -0.2) is 9.37 Å². The molecule has 3 rings (SSSR count). The third-order valence-corrected chi connectivity index (χ3v) is 2.94. The van der Waals surface area contributed by atoms with Gasteiger partial charge in [-0.2, -0.15) is 0 Å². The first-order chi connectivity index (χ1) is 9.16. The fourth-order valence-corrected chi connectivity index (χ4v) is 1.99. The van der Waals surface area contributed by atoms with Gasteiger partial charge in [0.1, 0.15) is 11.3 Å². The Hall–Kier alpha value is -2.49. The summed E-state index contributed by atoms with van der Waals surface area (Å²) >= 11 is 0. The quantitative estimate of drug-likeness (QED) is 0.658. The molecule has 4 heteroatoms. The summed E-state index contributed by atoms with van der Waals surface area (Å²) < 4.78 is 19.0. The molecule has 0 aliphatic heterocycles. The number of pyridine rings is 1. The van der Waals surface area contributed by atoms with E-state index in [9.17, 15) is 9.18 Å². The highest BCUT2D eigenvalue weighted by Crippen LogP contribution is 2.24. The van der Waals surface area contributed by atoms with Crippen LogP contribution in [0, 0.1) is 12.7 Å². The lowest BCUT2D eigenvalue weighted by atomic mass is 10.1. The van der Waals surface area contributed by atoms with Gasteiger partial charge in [0, 0.05) is 11.6 Å². The average molecular weight is 255 g/mol. The van der Waals surface area contributed by atoms with E-state index in [0.29, 0.717) is 5.58 Å². The second-order valence-electron chi connectivity index (χ2n) is 4.27. The fourth-order valence-electron chi connectivity index (χ4n) is 1.99. The maximum Gasteiger partial charge on any atom is 0.249 e. The molecule has 0 saturated carbocycles. The minimum absolute atomic E-state index is 0.0990. The number of halogens is 1. The van der Waals surface area contributed by atoms with Gasteiger partial charge in [-0.05, 0) is 30.7 Å². The van der Waals surface area contributed by atoms with Gasteiger partial charge in [0.05, 0.1) is 0 Å². The standard InChI is InChI=1S/C15H10FNO2/c1-9-4-2-5-10-8-12(19-15(9)10)14(18)13-11(16)6-3-7-17-13/h2-8H,1H3. The maximum atomic E-state index is 13.5. The van der Waals surface area contributed by atoms with Crippen molar-refractivity contribution >= 4 is 16.8 Å². The van der Waals surface area contributed by atoms with Crippen LogP contribution in [0.2, 0.25) is 0 Å². The molecular formula is C15H10FNO2. The van der Waals surface area contributed by atoms with E-state index in [0.717, 1.165) is 10.9 Å². The van der Waals surface area contributed by atoms with Crippen molar-refractivity contribution in [1.29, 1.82) is 0 Å². The molecule has 0 unspecified atom stereocenters. The molecule has 94 valence electrons. The Morgan fingerprint density at radius 1 is 1.26 bits per heavy atom. The Kier molecular flexibility index (Phi) is 2.63. The highest BCUT2D eigenvalue weighted by atomic mass is 19.1. The number of rotatable bonds is 2. The lowest BCUT2D eigenvalue weighted by molar-refractivity contribution is 0.100. The molecule has 0 aliphatic rings. The second-order valence-corrected chi connectivity index (χ2v) is 4.27. The van der Waals surface area contributed by atoms with Crippen LogP contribution >= 0.6 is 0 Å². The molecule has 0 amide bonds. The van der Waals surface area contributed by atoms with Crippen LogP contribution in [0.4, 0.5) is 4.39 Å². The first kappa shape index (κ1) is 11.6. The molecule has 0 bridgehead atoms. The number of aryl methyl sites for hydroxylation is 1. The second kappa shape index (κ2) is 4.31. The zero-order chi connectivity index (χ0) is 13.4. The largest absolute Gasteiger partial charge is 0.452 e. The molecule has 0 spiro atoms. The number of hydrogen-bond acceptors (Lipinski definition) is 3. The minimum Gasteiger partial charge on any atom is -0.452 e. The third kappa shape index (κ3) is 1.91. The Morgan fingerprint density at radius 2 is 2.11 bits per heavy atom. The highest BCUT2D eigenvalue weighted by molar-refractivity contribution is 6.08. The first-order valence-corrected chi connectivity index (χ1v) is 5.81. The summed E-state index contributed by atoms with van der Waals surface area (Å²) in [5, 5.41) is 0.819. The van der Waals surface area contributed by atoms with Crippen molar-refractivity contribution in [3.63, 3.8) is 0 Å². The lowest BCUT2D eigenvalue weighted by Crippen LogP contribution is -2.05. The van der Waals surface area contributed by atoms with Gasteiger partial charge in [0.25, 0.3) is 0 Å². The lowest BCUT2D eigenvalue weighted by Gasteiger charge is -1.97. The van der Waals surface area contributed by atoms with Gasteiger partial charge in [-0.1, -0.05) is 18.2 Å². The van der Waals surface area contributed by atoms with Gasteiger partial charge in [0.15, 0.2) is 11.6 Å². The molecule has 3 nitrogen and oxygen atoms in total. The summed E-state index contributed by atoms with van der Waals surface area (Å²) in [5.41, 5.74) is 1.35. The summed E-state index contributed by atoms with van der Waals surface area (Å²) in [4.78, 5) is 15.9. The van der Waals surface area contributed by atoms with E-state index in [4.69, 9.17) is 4.42 Å². The molecule has 19 heavy (non-hydrogen) atoms. The molecular weight excluding hydrogens is 245 g/mol. The van der Waals surface area contributed by atoms with E-state index in [1.165, 1.54) is 18.3 Å². The summed E-state index contributed by atoms with van der Waals surface area (Å²) in [6.45, 7) is 1.89. The third-order valence-electron chi connectivity index (χ3n) is 2.94. The van der Waals surface area contributed by atoms with Crippen LogP contribution in [0.15, 0.2) is 47.0 Å². The summed E-state index contributed by atoms with van der Waals surface area (Å²) in [7, 11) is 0. The summed E-state index contributed by atoms with van der Waals surface area (Å²) in [5.74, 6) is -1.10. The Bertz CT molecular complexity index is 777. The number of benzene rings is 1. The van der Waals surface area contributed by atoms with Gasteiger partial charge in [-0.3, -0.25) is 4.79 Å². The molecule has 0 saturated heterocycles. The van der Waals surface area contributed by atoms with E-state index in [1.807, 2.05) is 25.1 Å². The number of hydrogen-bond donors (Lipinski definition) is 0. The van der Waals surface area contributed by atoms with E-state index in [1.54, 1.807) is 6.07 Å². The van der Waals surface area contributed by atoms with Crippen molar-refractivity contribution in [2.24, 2.45) is 0 Å². The molecule has 0 radical (unpaired) electrons. The van der Waals surface area contributed by atoms with Gasteiger partial charge < -0.3 is 4.42 Å². The number of carbonyl (C=O) groups excluding carboxylic acids is 1. The summed E-state index contributed by atoms with van der Waals surface area (Å²) in [6.07, 6.45) is 1.38. The van der Waals surface area contributed by atoms with Crippen molar-refractivity contribution in [2.75, 3.05) is 0 Å². The topological polar surface area (TPSA) is 43.1 Å². The van der Waals surface area contributed by atoms with Crippen LogP contribution in [-0.2, 0) is 0 Å². The van der Waals surface area contributed by atoms with Crippen molar-refractivity contribution in [3.05, 3.63) is 65.4 Å². The number of ketones is 1. The first-order valence-electron chi connectivity index (χ1n) is 5.81. The predicted octanol–water partition coefficient (Wildman–Crippen LogP) is 3.51. The number of nitrogens with zero attached hydrogens (tertiary/aromatic N) is 1. The zero-order valence-corrected chi connectivity index (χ0v) is 10.2. The molecule has 2 heterocycles. The van der Waals surface area contributed by atoms with E-state index in [-0.39, 0.29) is 11.5 Å². The van der Waals surface area contributed by atoms with Crippen LogP contribution in [0.3, 0.4) is 0 Å². The van der Waals surface area contributed by atoms with E-state index < -0.39 is 11.6 Å². The molecule has 2 aromatic heterocycles. The van der Waals surface area contributed by atoms with Crippen molar-refractivity contribution in [3.8, 4) is 0 Å². The van der Waals surface area contributed by atoms with Gasteiger partial charge in [-0.15, -0.1) is 0 Å². The maximum absolute atomic E-state index is 13.5. The van der Waals surface area contributed by atoms with Gasteiger partial charge >= 0.3 is 0 Å². The normalized spacial score (nSPS) is 10.8. The number of furan rings is 1. The van der Waals surface area contributed by atoms with Crippen molar-refractivity contribution < 1.29 is 13.6 Å². The van der Waals surface area contributed by atoms with E-state index in [2.05, 4.69) is 4.98 Å². The van der Waals surface area contributed by atoms with Crippen LogP contribution in [0.1, 0.15) is 21.8 Å². The highest BCUT2D eigenvalue weighted by Gasteiger charge is 2.19. The molecule has 0 aliphatic carbocycles. The number of carbonyl (C=O) groups is 1. The molecule has 0 fully saturated rings. The van der Waals surface area contributed by atoms with Crippen molar-refractivity contribution in [2.45, 2.75) is 6.92 Å². The molecule has 1 aromatic carbocycles. The van der Waals surface area contributed by atoms with Crippen LogP contribution in [0.5, 0.6) is 0 Å². The Labute approximate surface area is 108 Å². The smallest absolute Gasteiger partial charge is 0.249 e.